The van der Waals surface area contributed by atoms with Gasteiger partial charge in [-0.05, 0) is 42.3 Å². The number of rotatable bonds is 5. The number of nitrogens with one attached hydrogen (secondary N) is 3. The first-order valence-electron chi connectivity index (χ1n) is 10.1. The maximum atomic E-state index is 12.7. The minimum Gasteiger partial charge on any atom is -0.496 e. The topological polar surface area (TPSA) is 92.6 Å². The van der Waals surface area contributed by atoms with Gasteiger partial charge in [0.25, 0.3) is 5.91 Å². The Hall–Kier alpha value is -3.16. The fraction of sp³-hybridized carbons (Fsp3) is 0.304. The van der Waals surface area contributed by atoms with Crippen LogP contribution in [0.3, 0.4) is 0 Å². The van der Waals surface area contributed by atoms with Crippen LogP contribution in [-0.2, 0) is 6.42 Å². The van der Waals surface area contributed by atoms with E-state index in [1.165, 1.54) is 0 Å². The van der Waals surface area contributed by atoms with Gasteiger partial charge in [-0.3, -0.25) is 4.79 Å². The average molecular weight is 407 g/mol. The Morgan fingerprint density at radius 3 is 2.67 bits per heavy atom. The Morgan fingerprint density at radius 1 is 1.20 bits per heavy atom. The second-order valence-electron chi connectivity index (χ2n) is 7.25. The third kappa shape index (κ3) is 3.94. The number of anilines is 1. The van der Waals surface area contributed by atoms with Crippen LogP contribution in [0, 0.1) is 0 Å². The van der Waals surface area contributed by atoms with Gasteiger partial charge in [-0.25, -0.2) is 4.79 Å². The number of methoxy groups -OCH3 is 1. The summed E-state index contributed by atoms with van der Waals surface area (Å²) in [6, 6.07) is 13.1. The first kappa shape index (κ1) is 20.1. The summed E-state index contributed by atoms with van der Waals surface area (Å²) in [5, 5.41) is 10.3. The lowest BCUT2D eigenvalue weighted by Crippen LogP contribution is -2.42. The summed E-state index contributed by atoms with van der Waals surface area (Å²) in [6.45, 7) is 4.72. The average Bonchev–Trinajstić information content (AvgIpc) is 2.78. The first-order chi connectivity index (χ1) is 14.6. The van der Waals surface area contributed by atoms with Crippen molar-refractivity contribution < 1.29 is 13.9 Å². The SMILES string of the molecule is CCc1c(OC)ccc2cc(C(=O)Nc3ccc(C4CNCCN4)cc3)c(=O)oc12. The van der Waals surface area contributed by atoms with Crippen molar-refractivity contribution >= 4 is 22.6 Å². The van der Waals surface area contributed by atoms with Gasteiger partial charge < -0.3 is 25.1 Å². The molecule has 0 spiro atoms. The minimum absolute atomic E-state index is 0.0306. The van der Waals surface area contributed by atoms with E-state index in [4.69, 9.17) is 9.15 Å². The highest BCUT2D eigenvalue weighted by Crippen LogP contribution is 2.28. The second kappa shape index (κ2) is 8.69. The van der Waals surface area contributed by atoms with Crippen LogP contribution in [-0.4, -0.2) is 32.7 Å². The van der Waals surface area contributed by atoms with Gasteiger partial charge in [-0.2, -0.15) is 0 Å². The molecule has 3 aromatic rings. The molecule has 1 amide bonds. The van der Waals surface area contributed by atoms with E-state index >= 15 is 0 Å². The second-order valence-corrected chi connectivity index (χ2v) is 7.25. The van der Waals surface area contributed by atoms with Crippen molar-refractivity contribution in [3.05, 3.63) is 69.6 Å². The predicted molar refractivity (Wildman–Crippen MR) is 116 cm³/mol. The molecule has 4 rings (SSSR count). The number of carbonyl (C=O) groups excluding carboxylic acids is 1. The fourth-order valence-electron chi connectivity index (χ4n) is 3.79. The van der Waals surface area contributed by atoms with Gasteiger partial charge >= 0.3 is 5.63 Å². The van der Waals surface area contributed by atoms with Crippen LogP contribution in [0.15, 0.2) is 51.7 Å². The zero-order valence-corrected chi connectivity index (χ0v) is 17.1. The summed E-state index contributed by atoms with van der Waals surface area (Å²) in [6.07, 6.45) is 0.646. The van der Waals surface area contributed by atoms with Gasteiger partial charge in [0.2, 0.25) is 0 Å². The van der Waals surface area contributed by atoms with Crippen molar-refractivity contribution in [1.82, 2.24) is 10.6 Å². The lowest BCUT2D eigenvalue weighted by Gasteiger charge is -2.25. The number of amides is 1. The maximum Gasteiger partial charge on any atom is 0.349 e. The molecule has 1 aliphatic heterocycles. The van der Waals surface area contributed by atoms with Crippen LogP contribution in [0.25, 0.3) is 11.0 Å². The highest BCUT2D eigenvalue weighted by atomic mass is 16.5. The normalized spacial score (nSPS) is 16.4. The largest absolute Gasteiger partial charge is 0.496 e. The molecule has 7 heteroatoms. The summed E-state index contributed by atoms with van der Waals surface area (Å²) in [5.41, 5.74) is 2.33. The third-order valence-electron chi connectivity index (χ3n) is 5.39. The first-order valence-corrected chi connectivity index (χ1v) is 10.1. The Balaban J connectivity index is 1.57. The zero-order valence-electron chi connectivity index (χ0n) is 17.1. The van der Waals surface area contributed by atoms with Gasteiger partial charge in [0, 0.05) is 42.3 Å². The number of benzene rings is 2. The predicted octanol–water partition coefficient (Wildman–Crippen LogP) is 2.85. The summed E-state index contributed by atoms with van der Waals surface area (Å²) < 4.78 is 10.8. The number of aryl methyl sites for hydroxylation is 1. The van der Waals surface area contributed by atoms with Crippen molar-refractivity contribution in [2.24, 2.45) is 0 Å². The molecular weight excluding hydrogens is 382 g/mol. The van der Waals surface area contributed by atoms with Crippen LogP contribution in [0.5, 0.6) is 5.75 Å². The van der Waals surface area contributed by atoms with Crippen molar-refractivity contribution in [2.45, 2.75) is 19.4 Å². The molecule has 0 saturated carbocycles. The van der Waals surface area contributed by atoms with Gasteiger partial charge in [0.1, 0.15) is 16.9 Å². The van der Waals surface area contributed by atoms with Crippen molar-refractivity contribution in [3.8, 4) is 5.75 Å². The summed E-state index contributed by atoms with van der Waals surface area (Å²) in [7, 11) is 1.58. The number of ether oxygens (including phenoxy) is 1. The number of carbonyl (C=O) groups is 1. The van der Waals surface area contributed by atoms with E-state index in [1.807, 2.05) is 37.3 Å². The molecule has 1 unspecified atom stereocenters. The van der Waals surface area contributed by atoms with E-state index < -0.39 is 11.5 Å². The van der Waals surface area contributed by atoms with Crippen molar-refractivity contribution in [3.63, 3.8) is 0 Å². The fourth-order valence-corrected chi connectivity index (χ4v) is 3.79. The molecule has 1 fully saturated rings. The van der Waals surface area contributed by atoms with Crippen LogP contribution in [0.4, 0.5) is 5.69 Å². The maximum absolute atomic E-state index is 12.7. The molecule has 1 aliphatic rings. The highest BCUT2D eigenvalue weighted by molar-refractivity contribution is 6.05. The Morgan fingerprint density at radius 2 is 2.00 bits per heavy atom. The molecule has 30 heavy (non-hydrogen) atoms. The molecule has 0 aliphatic carbocycles. The molecule has 2 aromatic carbocycles. The van der Waals surface area contributed by atoms with Crippen molar-refractivity contribution in [1.29, 1.82) is 0 Å². The monoisotopic (exact) mass is 407 g/mol. The summed E-state index contributed by atoms with van der Waals surface area (Å²) in [5.74, 6) is 0.165. The smallest absolute Gasteiger partial charge is 0.349 e. The van der Waals surface area contributed by atoms with E-state index in [2.05, 4.69) is 16.0 Å². The van der Waals surface area contributed by atoms with E-state index in [0.29, 0.717) is 28.8 Å². The van der Waals surface area contributed by atoms with Gasteiger partial charge in [-0.1, -0.05) is 19.1 Å². The quantitative estimate of drug-likeness (QED) is 0.564. The molecular formula is C23H25N3O4. The van der Waals surface area contributed by atoms with E-state index in [1.54, 1.807) is 19.2 Å². The van der Waals surface area contributed by atoms with Gasteiger partial charge in [0.05, 0.1) is 7.11 Å². The Kier molecular flexibility index (Phi) is 5.83. The summed E-state index contributed by atoms with van der Waals surface area (Å²) >= 11 is 0. The van der Waals surface area contributed by atoms with E-state index in [-0.39, 0.29) is 11.6 Å². The number of fused-ring (bicyclic) bond motifs is 1. The van der Waals surface area contributed by atoms with Crippen LogP contribution in [0.1, 0.15) is 34.5 Å². The van der Waals surface area contributed by atoms with E-state index in [9.17, 15) is 9.59 Å². The van der Waals surface area contributed by atoms with Crippen LogP contribution >= 0.6 is 0 Å². The number of hydrogen-bond donors (Lipinski definition) is 3. The lowest BCUT2D eigenvalue weighted by atomic mass is 10.0. The minimum atomic E-state index is -0.669. The summed E-state index contributed by atoms with van der Waals surface area (Å²) in [4.78, 5) is 25.2. The number of piperazine rings is 1. The van der Waals surface area contributed by atoms with Gasteiger partial charge in [-0.15, -0.1) is 0 Å². The standard InChI is InChI=1S/C23H25N3O4/c1-3-17-20(29-2)9-6-15-12-18(23(28)30-21(15)17)22(27)26-16-7-4-14(5-8-16)19-13-24-10-11-25-19/h4-9,12,19,24-25H,3,10-11,13H2,1-2H3,(H,26,27). The lowest BCUT2D eigenvalue weighted by molar-refractivity contribution is 0.102. The Labute approximate surface area is 174 Å². The van der Waals surface area contributed by atoms with E-state index in [0.717, 1.165) is 30.8 Å². The molecule has 1 atom stereocenters. The molecule has 1 saturated heterocycles. The Bertz CT molecular complexity index is 1120. The highest BCUT2D eigenvalue weighted by Gasteiger charge is 2.18. The molecule has 7 nitrogen and oxygen atoms in total. The number of hydrogen-bond acceptors (Lipinski definition) is 6. The molecule has 2 heterocycles. The molecule has 0 radical (unpaired) electrons. The molecule has 156 valence electrons. The molecule has 1 aromatic heterocycles. The van der Waals surface area contributed by atoms with Crippen LogP contribution < -0.4 is 26.3 Å². The molecule has 0 bridgehead atoms. The van der Waals surface area contributed by atoms with Crippen LogP contribution in [0.2, 0.25) is 0 Å². The third-order valence-corrected chi connectivity index (χ3v) is 5.39. The van der Waals surface area contributed by atoms with Crippen molar-refractivity contribution in [2.75, 3.05) is 32.1 Å². The van der Waals surface area contributed by atoms with Gasteiger partial charge in [0.15, 0.2) is 0 Å². The zero-order chi connectivity index (χ0) is 21.1. The molecule has 3 N–H and O–H groups in total.